The lowest BCUT2D eigenvalue weighted by Gasteiger charge is -2.39. The van der Waals surface area contributed by atoms with Gasteiger partial charge in [0.2, 0.25) is 0 Å². The van der Waals surface area contributed by atoms with Crippen molar-refractivity contribution >= 4 is 0 Å². The number of aliphatic hydroxyl groups is 1. The zero-order valence-corrected chi connectivity index (χ0v) is 15.3. The number of hydrogen-bond acceptors (Lipinski definition) is 2. The largest absolute Gasteiger partial charge is 0.496 e. The Labute approximate surface area is 164 Å². The van der Waals surface area contributed by atoms with Crippen molar-refractivity contribution < 1.29 is 31.8 Å². The number of methoxy groups -OCH3 is 1. The van der Waals surface area contributed by atoms with Gasteiger partial charge in [0.1, 0.15) is 5.75 Å². The Kier molecular flexibility index (Phi) is 5.36. The molecule has 1 N–H and O–H groups in total. The summed E-state index contributed by atoms with van der Waals surface area (Å²) in [6.45, 7) is 0. The van der Waals surface area contributed by atoms with Gasteiger partial charge < -0.3 is 9.84 Å². The van der Waals surface area contributed by atoms with E-state index in [2.05, 4.69) is 0 Å². The average Bonchev–Trinajstić information content (AvgIpc) is 2.73. The van der Waals surface area contributed by atoms with Crippen LogP contribution >= 0.6 is 0 Å². The molecule has 0 aliphatic carbocycles. The maximum absolute atomic E-state index is 14.9. The van der Waals surface area contributed by atoms with Gasteiger partial charge in [0, 0.05) is 11.1 Å². The van der Waals surface area contributed by atoms with E-state index in [9.17, 15) is 27.1 Å². The summed E-state index contributed by atoms with van der Waals surface area (Å²) in [5, 5.41) is 11.2. The zero-order chi connectivity index (χ0) is 21.3. The van der Waals surface area contributed by atoms with Gasteiger partial charge in [-0.15, -0.1) is 0 Å². The second-order valence-corrected chi connectivity index (χ2v) is 6.39. The van der Waals surface area contributed by atoms with Gasteiger partial charge in [0.05, 0.1) is 7.11 Å². The van der Waals surface area contributed by atoms with Crippen LogP contribution in [0.3, 0.4) is 0 Å². The fraction of sp³-hybridized carbons (Fsp3) is 0.182. The lowest BCUT2D eigenvalue weighted by atomic mass is 9.76. The first-order valence-electron chi connectivity index (χ1n) is 8.60. The normalized spacial score (nSPS) is 14.3. The van der Waals surface area contributed by atoms with Gasteiger partial charge in [0.15, 0.2) is 5.60 Å². The third kappa shape index (κ3) is 3.35. The highest BCUT2D eigenvalue weighted by atomic mass is 19.4. The maximum atomic E-state index is 14.9. The summed E-state index contributed by atoms with van der Waals surface area (Å²) in [5.41, 5.74) is -4.57. The molecule has 3 aromatic rings. The van der Waals surface area contributed by atoms with Gasteiger partial charge in [-0.05, 0) is 17.2 Å². The molecule has 0 heterocycles. The monoisotopic (exact) mass is 408 g/mol. The summed E-state index contributed by atoms with van der Waals surface area (Å²) in [4.78, 5) is 0. The third-order valence-corrected chi connectivity index (χ3v) is 4.71. The Morgan fingerprint density at radius 1 is 0.690 bits per heavy atom. The molecule has 3 aromatic carbocycles. The lowest BCUT2D eigenvalue weighted by Crippen LogP contribution is -2.55. The molecular formula is C22H17F5O2. The van der Waals surface area contributed by atoms with E-state index in [1.165, 1.54) is 36.4 Å². The molecule has 1 atom stereocenters. The quantitative estimate of drug-likeness (QED) is 0.541. The number of alkyl halides is 5. The van der Waals surface area contributed by atoms with Gasteiger partial charge in [-0.1, -0.05) is 72.8 Å². The van der Waals surface area contributed by atoms with Crippen molar-refractivity contribution in [1.29, 1.82) is 0 Å². The van der Waals surface area contributed by atoms with Crippen LogP contribution in [-0.4, -0.2) is 24.3 Å². The summed E-state index contributed by atoms with van der Waals surface area (Å²) in [5.74, 6) is -5.80. The number of hydrogen-bond donors (Lipinski definition) is 1. The van der Waals surface area contributed by atoms with E-state index in [1.807, 2.05) is 0 Å². The number of benzene rings is 3. The Morgan fingerprint density at radius 3 is 1.79 bits per heavy atom. The SMILES string of the molecule is COc1ccccc1C(O)(c1ccccc1-c1ccccc1)C(F)(F)C(F)(F)F. The van der Waals surface area contributed by atoms with Gasteiger partial charge in [-0.25, -0.2) is 0 Å². The summed E-state index contributed by atoms with van der Waals surface area (Å²) in [7, 11) is 1.13. The van der Waals surface area contributed by atoms with Crippen LogP contribution in [0.1, 0.15) is 11.1 Å². The molecule has 0 fully saturated rings. The first kappa shape index (κ1) is 20.8. The molecule has 0 saturated heterocycles. The summed E-state index contributed by atoms with van der Waals surface area (Å²) in [6, 6.07) is 18.2. The Bertz CT molecular complexity index is 986. The highest BCUT2D eigenvalue weighted by Crippen LogP contribution is 2.55. The molecule has 1 unspecified atom stereocenters. The fourth-order valence-corrected chi connectivity index (χ4v) is 3.30. The van der Waals surface area contributed by atoms with E-state index < -0.39 is 28.8 Å². The maximum Gasteiger partial charge on any atom is 0.457 e. The van der Waals surface area contributed by atoms with Gasteiger partial charge in [0.25, 0.3) is 0 Å². The van der Waals surface area contributed by atoms with E-state index >= 15 is 0 Å². The van der Waals surface area contributed by atoms with E-state index in [0.717, 1.165) is 19.2 Å². The van der Waals surface area contributed by atoms with Crippen molar-refractivity contribution in [2.45, 2.75) is 17.7 Å². The molecule has 152 valence electrons. The standard InChI is InChI=1S/C22H17F5O2/c1-29-19-14-8-7-13-18(19)20(28,21(23,24)22(25,26)27)17-12-6-5-11-16(17)15-9-3-2-4-10-15/h2-14,28H,1H3. The lowest BCUT2D eigenvalue weighted by molar-refractivity contribution is -0.336. The highest BCUT2D eigenvalue weighted by Gasteiger charge is 2.72. The molecule has 7 heteroatoms. The molecule has 0 radical (unpaired) electrons. The summed E-state index contributed by atoms with van der Waals surface area (Å²) >= 11 is 0. The average molecular weight is 408 g/mol. The minimum absolute atomic E-state index is 0.0467. The summed E-state index contributed by atoms with van der Waals surface area (Å²) < 4.78 is 75.4. The van der Waals surface area contributed by atoms with Crippen LogP contribution in [0.2, 0.25) is 0 Å². The van der Waals surface area contributed by atoms with Crippen molar-refractivity contribution in [1.82, 2.24) is 0 Å². The van der Waals surface area contributed by atoms with Crippen LogP contribution in [0.15, 0.2) is 78.9 Å². The fourth-order valence-electron chi connectivity index (χ4n) is 3.30. The van der Waals surface area contributed by atoms with Gasteiger partial charge in [-0.2, -0.15) is 22.0 Å². The van der Waals surface area contributed by atoms with Crippen LogP contribution in [-0.2, 0) is 5.60 Å². The van der Waals surface area contributed by atoms with Crippen LogP contribution < -0.4 is 4.74 Å². The van der Waals surface area contributed by atoms with Gasteiger partial charge in [-0.3, -0.25) is 0 Å². The second-order valence-electron chi connectivity index (χ2n) is 6.39. The molecule has 0 spiro atoms. The molecular weight excluding hydrogens is 391 g/mol. The third-order valence-electron chi connectivity index (χ3n) is 4.71. The van der Waals surface area contributed by atoms with Crippen LogP contribution in [0.25, 0.3) is 11.1 Å². The number of para-hydroxylation sites is 1. The number of halogens is 5. The molecule has 0 aliphatic rings. The minimum Gasteiger partial charge on any atom is -0.496 e. The van der Waals surface area contributed by atoms with E-state index in [1.54, 1.807) is 30.3 Å². The second kappa shape index (κ2) is 7.48. The smallest absolute Gasteiger partial charge is 0.457 e. The first-order chi connectivity index (χ1) is 13.6. The molecule has 0 saturated carbocycles. The topological polar surface area (TPSA) is 29.5 Å². The number of rotatable bonds is 5. The van der Waals surface area contributed by atoms with Crippen LogP contribution in [0.5, 0.6) is 5.75 Å². The molecule has 0 amide bonds. The van der Waals surface area contributed by atoms with Gasteiger partial charge >= 0.3 is 12.1 Å². The molecule has 0 aromatic heterocycles. The van der Waals surface area contributed by atoms with Crippen molar-refractivity contribution in [2.75, 3.05) is 7.11 Å². The van der Waals surface area contributed by atoms with Crippen LogP contribution in [0.4, 0.5) is 22.0 Å². The predicted molar refractivity (Wildman–Crippen MR) is 98.9 cm³/mol. The molecule has 0 aliphatic heterocycles. The molecule has 3 rings (SSSR count). The summed E-state index contributed by atoms with van der Waals surface area (Å²) in [6.07, 6.45) is -6.02. The van der Waals surface area contributed by atoms with Crippen molar-refractivity contribution in [3.8, 4) is 16.9 Å². The highest BCUT2D eigenvalue weighted by molar-refractivity contribution is 5.70. The van der Waals surface area contributed by atoms with E-state index in [-0.39, 0.29) is 11.3 Å². The van der Waals surface area contributed by atoms with Crippen molar-refractivity contribution in [3.63, 3.8) is 0 Å². The zero-order valence-electron chi connectivity index (χ0n) is 15.3. The van der Waals surface area contributed by atoms with E-state index in [4.69, 9.17) is 4.74 Å². The van der Waals surface area contributed by atoms with Crippen LogP contribution in [0, 0.1) is 0 Å². The van der Waals surface area contributed by atoms with Crippen molar-refractivity contribution in [3.05, 3.63) is 90.0 Å². The van der Waals surface area contributed by atoms with E-state index in [0.29, 0.717) is 5.56 Å². The Balaban J connectivity index is 2.41. The Morgan fingerprint density at radius 2 is 1.21 bits per heavy atom. The molecule has 0 bridgehead atoms. The minimum atomic E-state index is -6.02. The molecule has 2 nitrogen and oxygen atoms in total. The van der Waals surface area contributed by atoms with Crippen molar-refractivity contribution in [2.24, 2.45) is 0 Å². The number of ether oxygens (including phenoxy) is 1. The Hall–Kier alpha value is -2.93. The predicted octanol–water partition coefficient (Wildman–Crippen LogP) is 5.80. The molecule has 29 heavy (non-hydrogen) atoms. The first-order valence-corrected chi connectivity index (χ1v) is 8.60.